The number of hydrogen-bond acceptors (Lipinski definition) is 2. The highest BCUT2D eigenvalue weighted by Crippen LogP contribution is 2.24. The molecule has 0 aliphatic carbocycles. The summed E-state index contributed by atoms with van der Waals surface area (Å²) < 4.78 is 0. The lowest BCUT2D eigenvalue weighted by atomic mass is 9.96. The molecule has 0 unspecified atom stereocenters. The van der Waals surface area contributed by atoms with E-state index in [4.69, 9.17) is 10.8 Å². The van der Waals surface area contributed by atoms with E-state index >= 15 is 0 Å². The van der Waals surface area contributed by atoms with Gasteiger partial charge in [-0.25, -0.2) is 4.79 Å². The predicted octanol–water partition coefficient (Wildman–Crippen LogP) is 2.49. The predicted molar refractivity (Wildman–Crippen MR) is 70.7 cm³/mol. The first-order valence-corrected chi connectivity index (χ1v) is 5.54. The van der Waals surface area contributed by atoms with E-state index in [0.717, 1.165) is 11.1 Å². The van der Waals surface area contributed by atoms with Crippen LogP contribution in [0, 0.1) is 0 Å². The highest BCUT2D eigenvalue weighted by Gasteiger charge is 2.14. The van der Waals surface area contributed by atoms with E-state index in [0.29, 0.717) is 5.57 Å². The molecule has 3 N–H and O–H groups in total. The zero-order chi connectivity index (χ0) is 13.0. The van der Waals surface area contributed by atoms with Gasteiger partial charge in [-0.2, -0.15) is 0 Å². The molecule has 0 amide bonds. The molecule has 2 rings (SSSR count). The number of benzene rings is 2. The van der Waals surface area contributed by atoms with Crippen molar-refractivity contribution >= 4 is 11.5 Å². The highest BCUT2D eigenvalue weighted by molar-refractivity contribution is 5.99. The average Bonchev–Trinajstić information content (AvgIpc) is 2.41. The Morgan fingerprint density at radius 3 is 1.56 bits per heavy atom. The molecule has 0 heterocycles. The molecule has 2 aromatic rings. The molecule has 0 aromatic heterocycles. The van der Waals surface area contributed by atoms with Crippen LogP contribution in [0.5, 0.6) is 0 Å². The minimum atomic E-state index is -1.11. The van der Waals surface area contributed by atoms with Crippen LogP contribution < -0.4 is 5.73 Å². The molecule has 0 saturated heterocycles. The number of carboxylic acid groups (broad SMARTS) is 1. The fraction of sp³-hybridized carbons (Fsp3) is 0. The first-order chi connectivity index (χ1) is 8.70. The molecule has 18 heavy (non-hydrogen) atoms. The van der Waals surface area contributed by atoms with Crippen molar-refractivity contribution in [1.29, 1.82) is 0 Å². The van der Waals surface area contributed by atoms with Crippen molar-refractivity contribution in [2.24, 2.45) is 5.73 Å². The molecule has 0 spiro atoms. The van der Waals surface area contributed by atoms with Crippen LogP contribution in [0.1, 0.15) is 11.1 Å². The third kappa shape index (κ3) is 2.40. The van der Waals surface area contributed by atoms with Gasteiger partial charge in [0.1, 0.15) is 5.70 Å². The van der Waals surface area contributed by atoms with Gasteiger partial charge in [-0.1, -0.05) is 60.7 Å². The van der Waals surface area contributed by atoms with Crippen molar-refractivity contribution < 1.29 is 9.90 Å². The second-order valence-electron chi connectivity index (χ2n) is 3.83. The lowest BCUT2D eigenvalue weighted by Gasteiger charge is -2.10. The van der Waals surface area contributed by atoms with Crippen molar-refractivity contribution in [3.8, 4) is 0 Å². The zero-order valence-corrected chi connectivity index (χ0v) is 9.71. The van der Waals surface area contributed by atoms with E-state index in [-0.39, 0.29) is 5.70 Å². The molecular formula is C15H13NO2. The summed E-state index contributed by atoms with van der Waals surface area (Å²) in [7, 11) is 0. The topological polar surface area (TPSA) is 63.3 Å². The molecule has 0 bridgehead atoms. The zero-order valence-electron chi connectivity index (χ0n) is 9.71. The third-order valence-electron chi connectivity index (χ3n) is 2.62. The van der Waals surface area contributed by atoms with Gasteiger partial charge in [-0.15, -0.1) is 0 Å². The first-order valence-electron chi connectivity index (χ1n) is 5.54. The van der Waals surface area contributed by atoms with Crippen LogP contribution >= 0.6 is 0 Å². The Kier molecular flexibility index (Phi) is 3.44. The molecule has 90 valence electrons. The van der Waals surface area contributed by atoms with E-state index in [9.17, 15) is 4.79 Å². The minimum Gasteiger partial charge on any atom is -0.477 e. The molecule has 0 saturated carbocycles. The largest absolute Gasteiger partial charge is 0.477 e. The Balaban J connectivity index is 2.64. The van der Waals surface area contributed by atoms with Crippen molar-refractivity contribution in [2.45, 2.75) is 0 Å². The number of hydrogen-bond donors (Lipinski definition) is 2. The van der Waals surface area contributed by atoms with Gasteiger partial charge in [0, 0.05) is 5.57 Å². The third-order valence-corrected chi connectivity index (χ3v) is 2.62. The standard InChI is InChI=1S/C15H13NO2/c16-14(15(17)18)13(11-7-3-1-4-8-11)12-9-5-2-6-10-12/h1-10H,16H2,(H,17,18). The average molecular weight is 239 g/mol. The number of rotatable bonds is 3. The SMILES string of the molecule is NC(C(=O)O)=C(c1ccccc1)c1ccccc1. The number of carboxylic acids is 1. The van der Waals surface area contributed by atoms with Crippen molar-refractivity contribution in [3.63, 3.8) is 0 Å². The highest BCUT2D eigenvalue weighted by atomic mass is 16.4. The summed E-state index contributed by atoms with van der Waals surface area (Å²) >= 11 is 0. The molecule has 0 aliphatic heterocycles. The minimum absolute atomic E-state index is 0.146. The van der Waals surface area contributed by atoms with Gasteiger partial charge >= 0.3 is 5.97 Å². The van der Waals surface area contributed by atoms with Gasteiger partial charge in [0.2, 0.25) is 0 Å². The van der Waals surface area contributed by atoms with Crippen molar-refractivity contribution in [3.05, 3.63) is 77.5 Å². The fourth-order valence-electron chi connectivity index (χ4n) is 1.79. The van der Waals surface area contributed by atoms with E-state index < -0.39 is 5.97 Å². The van der Waals surface area contributed by atoms with Gasteiger partial charge in [-0.05, 0) is 11.1 Å². The van der Waals surface area contributed by atoms with Crippen LogP contribution in [0.3, 0.4) is 0 Å². The summed E-state index contributed by atoms with van der Waals surface area (Å²) in [4.78, 5) is 11.1. The molecular weight excluding hydrogens is 226 g/mol. The normalized spacial score (nSPS) is 9.78. The Hall–Kier alpha value is -2.55. The van der Waals surface area contributed by atoms with E-state index in [1.807, 2.05) is 60.7 Å². The molecule has 0 radical (unpaired) electrons. The molecule has 3 heteroatoms. The Morgan fingerprint density at radius 1 is 0.833 bits per heavy atom. The van der Waals surface area contributed by atoms with E-state index in [1.54, 1.807) is 0 Å². The van der Waals surface area contributed by atoms with E-state index in [2.05, 4.69) is 0 Å². The molecule has 2 aromatic carbocycles. The van der Waals surface area contributed by atoms with Gasteiger partial charge in [0.05, 0.1) is 0 Å². The van der Waals surface area contributed by atoms with Crippen LogP contribution in [-0.4, -0.2) is 11.1 Å². The number of carbonyl (C=O) groups is 1. The maximum atomic E-state index is 11.1. The van der Waals surface area contributed by atoms with Crippen LogP contribution in [-0.2, 0) is 4.79 Å². The van der Waals surface area contributed by atoms with Crippen molar-refractivity contribution in [2.75, 3.05) is 0 Å². The number of aliphatic carboxylic acids is 1. The summed E-state index contributed by atoms with van der Waals surface area (Å²) in [6, 6.07) is 18.6. The summed E-state index contributed by atoms with van der Waals surface area (Å²) in [5.74, 6) is -1.11. The summed E-state index contributed by atoms with van der Waals surface area (Å²) in [5.41, 5.74) is 7.69. The van der Waals surface area contributed by atoms with Crippen LogP contribution in [0.15, 0.2) is 66.4 Å². The van der Waals surface area contributed by atoms with Crippen LogP contribution in [0.25, 0.3) is 5.57 Å². The second-order valence-corrected chi connectivity index (χ2v) is 3.83. The maximum Gasteiger partial charge on any atom is 0.352 e. The van der Waals surface area contributed by atoms with Gasteiger partial charge in [0.15, 0.2) is 0 Å². The summed E-state index contributed by atoms with van der Waals surface area (Å²) in [6.07, 6.45) is 0. The lowest BCUT2D eigenvalue weighted by molar-refractivity contribution is -0.132. The van der Waals surface area contributed by atoms with Crippen LogP contribution in [0.2, 0.25) is 0 Å². The Bertz CT molecular complexity index is 532. The molecule has 0 fully saturated rings. The van der Waals surface area contributed by atoms with Crippen molar-refractivity contribution in [1.82, 2.24) is 0 Å². The maximum absolute atomic E-state index is 11.1. The second kappa shape index (κ2) is 5.19. The smallest absolute Gasteiger partial charge is 0.352 e. The van der Waals surface area contributed by atoms with Gasteiger partial charge in [0.25, 0.3) is 0 Å². The Labute approximate surface area is 105 Å². The molecule has 0 atom stereocenters. The molecule has 0 aliphatic rings. The molecule has 3 nitrogen and oxygen atoms in total. The van der Waals surface area contributed by atoms with Crippen LogP contribution in [0.4, 0.5) is 0 Å². The quantitative estimate of drug-likeness (QED) is 0.809. The summed E-state index contributed by atoms with van der Waals surface area (Å²) in [6.45, 7) is 0. The summed E-state index contributed by atoms with van der Waals surface area (Å²) in [5, 5.41) is 9.09. The van der Waals surface area contributed by atoms with Gasteiger partial charge < -0.3 is 10.8 Å². The van der Waals surface area contributed by atoms with E-state index in [1.165, 1.54) is 0 Å². The lowest BCUT2D eigenvalue weighted by Crippen LogP contribution is -2.13. The fourth-order valence-corrected chi connectivity index (χ4v) is 1.79. The number of nitrogens with two attached hydrogens (primary N) is 1. The van der Waals surface area contributed by atoms with Gasteiger partial charge in [-0.3, -0.25) is 0 Å². The first kappa shape index (κ1) is 11.9. The monoisotopic (exact) mass is 239 g/mol. The Morgan fingerprint density at radius 2 is 1.22 bits per heavy atom.